The van der Waals surface area contributed by atoms with Gasteiger partial charge in [-0.1, -0.05) is 11.6 Å². The van der Waals surface area contributed by atoms with Crippen LogP contribution in [0.15, 0.2) is 18.3 Å². The van der Waals surface area contributed by atoms with Crippen molar-refractivity contribution in [1.29, 1.82) is 0 Å². The molecule has 7 nitrogen and oxygen atoms in total. The summed E-state index contributed by atoms with van der Waals surface area (Å²) < 4.78 is 7.72. The maximum Gasteiger partial charge on any atom is 0.410 e. The Morgan fingerprint density at radius 2 is 1.97 bits per heavy atom. The minimum absolute atomic E-state index is 0.205. The number of nitrogens with zero attached hydrogens (tertiary/aromatic N) is 4. The topological polar surface area (TPSA) is 86.3 Å². The first kappa shape index (κ1) is 19.7. The van der Waals surface area contributed by atoms with Crippen LogP contribution in [0.5, 0.6) is 0 Å². The van der Waals surface area contributed by atoms with Crippen LogP contribution in [0.25, 0.3) is 11.3 Å². The molecule has 3 fully saturated rings. The summed E-state index contributed by atoms with van der Waals surface area (Å²) in [6.45, 7) is 8.17. The first-order chi connectivity index (χ1) is 14.2. The Hall–Kier alpha value is -2.28. The van der Waals surface area contributed by atoms with Crippen molar-refractivity contribution < 1.29 is 9.53 Å². The van der Waals surface area contributed by atoms with Crippen LogP contribution in [-0.2, 0) is 11.3 Å². The number of fused-ring (bicyclic) bond motifs is 1. The highest BCUT2D eigenvalue weighted by Gasteiger charge is 2.59. The van der Waals surface area contributed by atoms with E-state index in [1.807, 2.05) is 31.7 Å². The summed E-state index contributed by atoms with van der Waals surface area (Å²) >= 11 is 6.18. The lowest BCUT2D eigenvalue weighted by atomic mass is 10.1. The van der Waals surface area contributed by atoms with Gasteiger partial charge in [-0.3, -0.25) is 4.68 Å². The second-order valence-corrected chi connectivity index (χ2v) is 10.3. The number of halogens is 1. The number of carbonyl (C=O) groups is 1. The zero-order chi connectivity index (χ0) is 21.2. The van der Waals surface area contributed by atoms with Crippen LogP contribution in [0.4, 0.5) is 10.6 Å². The third-order valence-electron chi connectivity index (χ3n) is 6.29. The average Bonchev–Trinajstić information content (AvgIpc) is 3.50. The minimum atomic E-state index is -0.463. The van der Waals surface area contributed by atoms with Crippen molar-refractivity contribution in [2.24, 2.45) is 17.8 Å². The molecule has 2 aromatic heterocycles. The molecule has 1 unspecified atom stereocenters. The van der Waals surface area contributed by atoms with Crippen molar-refractivity contribution in [2.45, 2.75) is 51.7 Å². The fourth-order valence-corrected chi connectivity index (χ4v) is 4.73. The smallest absolute Gasteiger partial charge is 0.410 e. The van der Waals surface area contributed by atoms with E-state index in [4.69, 9.17) is 27.2 Å². The molecule has 0 aromatic carbocycles. The molecule has 1 aliphatic heterocycles. The standard InChI is InChI=1S/C22H28ClN5O2/c1-22(2,3)30-21(29)27-10-14-15(11-27)19(14)18-7-17(26-28(18)9-12-4-5-12)13-6-16(23)20(24)25-8-13/h6-8,12,14-15,19H,4-5,9-11H2,1-3H3,(H2,24,25)/t14-,15+,19?. The van der Waals surface area contributed by atoms with Crippen LogP contribution in [0.3, 0.4) is 0 Å². The van der Waals surface area contributed by atoms with Gasteiger partial charge in [-0.15, -0.1) is 0 Å². The van der Waals surface area contributed by atoms with Crippen molar-refractivity contribution in [3.05, 3.63) is 29.0 Å². The molecule has 3 heterocycles. The Labute approximate surface area is 181 Å². The summed E-state index contributed by atoms with van der Waals surface area (Å²) in [6, 6.07) is 4.00. The SMILES string of the molecule is CC(C)(C)OC(=O)N1C[C@@H]2C(c3cc(-c4cnc(N)c(Cl)c4)nn3CC3CC3)[C@@H]2C1. The highest BCUT2D eigenvalue weighted by molar-refractivity contribution is 6.33. The summed E-state index contributed by atoms with van der Waals surface area (Å²) in [7, 11) is 0. The van der Waals surface area contributed by atoms with E-state index in [-0.39, 0.29) is 6.09 Å². The van der Waals surface area contributed by atoms with Gasteiger partial charge in [-0.2, -0.15) is 5.10 Å². The van der Waals surface area contributed by atoms with Crippen molar-refractivity contribution in [2.75, 3.05) is 18.8 Å². The van der Waals surface area contributed by atoms with Gasteiger partial charge in [0.2, 0.25) is 0 Å². The van der Waals surface area contributed by atoms with E-state index in [2.05, 4.69) is 15.7 Å². The molecule has 3 atom stereocenters. The lowest BCUT2D eigenvalue weighted by Crippen LogP contribution is -2.37. The summed E-state index contributed by atoms with van der Waals surface area (Å²) in [5.74, 6) is 2.46. The number of aromatic nitrogens is 3. The number of piperidine rings is 1. The van der Waals surface area contributed by atoms with E-state index >= 15 is 0 Å². The molecule has 1 amide bonds. The van der Waals surface area contributed by atoms with Crippen molar-refractivity contribution in [1.82, 2.24) is 19.7 Å². The molecule has 8 heteroatoms. The molecular weight excluding hydrogens is 402 g/mol. The van der Waals surface area contributed by atoms with E-state index in [1.165, 1.54) is 18.5 Å². The van der Waals surface area contributed by atoms with Gasteiger partial charge in [-0.05, 0) is 63.5 Å². The molecule has 2 aromatic rings. The lowest BCUT2D eigenvalue weighted by molar-refractivity contribution is 0.0270. The second kappa shape index (κ2) is 6.87. The number of carbonyl (C=O) groups excluding carboxylic acids is 1. The van der Waals surface area contributed by atoms with Gasteiger partial charge >= 0.3 is 6.09 Å². The summed E-state index contributed by atoms with van der Waals surface area (Å²) in [5.41, 5.74) is 8.33. The molecule has 5 rings (SSSR count). The van der Waals surface area contributed by atoms with Gasteiger partial charge in [0.1, 0.15) is 11.4 Å². The van der Waals surface area contributed by atoms with E-state index in [0.29, 0.717) is 28.6 Å². The summed E-state index contributed by atoms with van der Waals surface area (Å²) in [5, 5.41) is 5.34. The van der Waals surface area contributed by atoms with Gasteiger partial charge in [0.15, 0.2) is 0 Å². The third-order valence-corrected chi connectivity index (χ3v) is 6.59. The number of pyridine rings is 1. The van der Waals surface area contributed by atoms with E-state index in [0.717, 1.165) is 36.8 Å². The third kappa shape index (κ3) is 3.75. The highest BCUT2D eigenvalue weighted by Crippen LogP contribution is 2.58. The Kier molecular flexibility index (Phi) is 4.51. The molecule has 2 aliphatic carbocycles. The number of nitrogen functional groups attached to an aromatic ring is 1. The number of rotatable bonds is 4. The Bertz CT molecular complexity index is 982. The van der Waals surface area contributed by atoms with Gasteiger partial charge in [0.25, 0.3) is 0 Å². The first-order valence-corrected chi connectivity index (χ1v) is 11.0. The molecule has 1 saturated heterocycles. The molecular formula is C22H28ClN5O2. The predicted molar refractivity (Wildman–Crippen MR) is 115 cm³/mol. The maximum absolute atomic E-state index is 12.4. The van der Waals surface area contributed by atoms with Crippen molar-refractivity contribution >= 4 is 23.5 Å². The van der Waals surface area contributed by atoms with Gasteiger partial charge in [0, 0.05) is 43.0 Å². The molecule has 2 N–H and O–H groups in total. The zero-order valence-electron chi connectivity index (χ0n) is 17.6. The van der Waals surface area contributed by atoms with Gasteiger partial charge in [-0.25, -0.2) is 9.78 Å². The average molecular weight is 430 g/mol. The molecule has 0 radical (unpaired) electrons. The monoisotopic (exact) mass is 429 g/mol. The Balaban J connectivity index is 1.35. The molecule has 3 aliphatic rings. The number of ether oxygens (including phenoxy) is 1. The number of hydrogen-bond donors (Lipinski definition) is 1. The minimum Gasteiger partial charge on any atom is -0.444 e. The zero-order valence-corrected chi connectivity index (χ0v) is 18.4. The fourth-order valence-electron chi connectivity index (χ4n) is 4.56. The Morgan fingerprint density at radius 1 is 1.27 bits per heavy atom. The van der Waals surface area contributed by atoms with Crippen LogP contribution < -0.4 is 5.73 Å². The van der Waals surface area contributed by atoms with Crippen molar-refractivity contribution in [3.63, 3.8) is 0 Å². The van der Waals surface area contributed by atoms with Crippen molar-refractivity contribution in [3.8, 4) is 11.3 Å². The van der Waals surface area contributed by atoms with Gasteiger partial charge in [0.05, 0.1) is 10.7 Å². The number of amides is 1. The van der Waals surface area contributed by atoms with Crippen LogP contribution in [0.1, 0.15) is 45.2 Å². The number of nitrogens with two attached hydrogens (primary N) is 1. The largest absolute Gasteiger partial charge is 0.444 e. The molecule has 30 heavy (non-hydrogen) atoms. The first-order valence-electron chi connectivity index (χ1n) is 10.7. The van der Waals surface area contributed by atoms with E-state index < -0.39 is 5.60 Å². The van der Waals surface area contributed by atoms with E-state index in [1.54, 1.807) is 6.20 Å². The van der Waals surface area contributed by atoms with Gasteiger partial charge < -0.3 is 15.4 Å². The number of hydrogen-bond acceptors (Lipinski definition) is 5. The number of anilines is 1. The maximum atomic E-state index is 12.4. The van der Waals surface area contributed by atoms with Crippen LogP contribution >= 0.6 is 11.6 Å². The molecule has 160 valence electrons. The normalized spacial score (nSPS) is 25.3. The fraction of sp³-hybridized carbons (Fsp3) is 0.591. The highest BCUT2D eigenvalue weighted by atomic mass is 35.5. The van der Waals surface area contributed by atoms with E-state index in [9.17, 15) is 4.79 Å². The summed E-state index contributed by atoms with van der Waals surface area (Å²) in [6.07, 6.45) is 4.07. The molecule has 0 spiro atoms. The van der Waals surface area contributed by atoms with Crippen LogP contribution in [0, 0.1) is 17.8 Å². The molecule has 0 bridgehead atoms. The Morgan fingerprint density at radius 3 is 2.57 bits per heavy atom. The number of likely N-dealkylation sites (tertiary alicyclic amines) is 1. The summed E-state index contributed by atoms with van der Waals surface area (Å²) in [4.78, 5) is 18.4. The molecule has 2 saturated carbocycles. The predicted octanol–water partition coefficient (Wildman–Crippen LogP) is 4.17. The van der Waals surface area contributed by atoms with Crippen LogP contribution in [0.2, 0.25) is 5.02 Å². The lowest BCUT2D eigenvalue weighted by Gasteiger charge is -2.26. The second-order valence-electron chi connectivity index (χ2n) is 9.91. The van der Waals surface area contributed by atoms with Crippen LogP contribution in [-0.4, -0.2) is 44.4 Å². The quantitative estimate of drug-likeness (QED) is 0.788.